The molecule has 1 fully saturated rings. The van der Waals surface area contributed by atoms with Crippen molar-refractivity contribution in [3.8, 4) is 0 Å². The molecular formula is C19H17ClN2O3. The van der Waals surface area contributed by atoms with E-state index < -0.39 is 0 Å². The number of nitrogens with zero attached hydrogens (tertiary/aromatic N) is 2. The van der Waals surface area contributed by atoms with Gasteiger partial charge in [-0.1, -0.05) is 29.8 Å². The molecule has 25 heavy (non-hydrogen) atoms. The second-order valence-corrected chi connectivity index (χ2v) is 6.33. The first-order chi connectivity index (χ1) is 12.0. The third-order valence-corrected chi connectivity index (χ3v) is 4.50. The third kappa shape index (κ3) is 3.56. The molecule has 0 saturated carbocycles. The first-order valence-corrected chi connectivity index (χ1v) is 8.30. The molecule has 0 aliphatic carbocycles. The van der Waals surface area contributed by atoms with Crippen LogP contribution in [0.25, 0.3) is 0 Å². The Bertz CT molecular complexity index is 817. The minimum absolute atomic E-state index is 0.162. The van der Waals surface area contributed by atoms with Gasteiger partial charge in [-0.05, 0) is 35.9 Å². The largest absolute Gasteiger partial charge is 0.337 e. The van der Waals surface area contributed by atoms with E-state index in [0.717, 1.165) is 5.56 Å². The van der Waals surface area contributed by atoms with Gasteiger partial charge in [0.2, 0.25) is 11.8 Å². The van der Waals surface area contributed by atoms with E-state index in [1.54, 1.807) is 42.3 Å². The van der Waals surface area contributed by atoms with Gasteiger partial charge in [-0.15, -0.1) is 0 Å². The van der Waals surface area contributed by atoms with Gasteiger partial charge in [-0.3, -0.25) is 19.3 Å². The Balaban J connectivity index is 1.73. The predicted octanol–water partition coefficient (Wildman–Crippen LogP) is 3.27. The van der Waals surface area contributed by atoms with Gasteiger partial charge >= 0.3 is 0 Å². The van der Waals surface area contributed by atoms with Crippen molar-refractivity contribution in [2.45, 2.75) is 19.4 Å². The highest BCUT2D eigenvalue weighted by Gasteiger charge is 2.30. The Hall–Kier alpha value is -2.66. The molecule has 5 nitrogen and oxygen atoms in total. The van der Waals surface area contributed by atoms with Gasteiger partial charge in [0.1, 0.15) is 0 Å². The fourth-order valence-electron chi connectivity index (χ4n) is 2.79. The molecule has 2 aromatic carbocycles. The van der Waals surface area contributed by atoms with Crippen LogP contribution < -0.4 is 4.90 Å². The van der Waals surface area contributed by atoms with Crippen LogP contribution in [0.3, 0.4) is 0 Å². The Morgan fingerprint density at radius 1 is 1.04 bits per heavy atom. The number of rotatable bonds is 4. The van der Waals surface area contributed by atoms with Crippen molar-refractivity contribution < 1.29 is 14.4 Å². The van der Waals surface area contributed by atoms with E-state index in [1.165, 1.54) is 4.90 Å². The van der Waals surface area contributed by atoms with E-state index >= 15 is 0 Å². The van der Waals surface area contributed by atoms with Gasteiger partial charge < -0.3 is 4.90 Å². The molecule has 3 amide bonds. The number of carbonyl (C=O) groups is 3. The van der Waals surface area contributed by atoms with Crippen LogP contribution in [0.4, 0.5) is 5.69 Å². The van der Waals surface area contributed by atoms with E-state index in [0.29, 0.717) is 22.8 Å². The van der Waals surface area contributed by atoms with Crippen LogP contribution in [-0.2, 0) is 16.1 Å². The lowest BCUT2D eigenvalue weighted by molar-refractivity contribution is -0.121. The first-order valence-electron chi connectivity index (χ1n) is 7.92. The molecule has 1 saturated heterocycles. The monoisotopic (exact) mass is 356 g/mol. The Morgan fingerprint density at radius 3 is 2.24 bits per heavy atom. The Morgan fingerprint density at radius 2 is 1.64 bits per heavy atom. The second kappa shape index (κ2) is 7.07. The summed E-state index contributed by atoms with van der Waals surface area (Å²) >= 11 is 6.13. The minimum Gasteiger partial charge on any atom is -0.337 e. The molecule has 0 N–H and O–H groups in total. The Kier molecular flexibility index (Phi) is 4.86. The van der Waals surface area contributed by atoms with Crippen molar-refractivity contribution in [1.29, 1.82) is 0 Å². The number of hydrogen-bond acceptors (Lipinski definition) is 3. The maximum atomic E-state index is 12.6. The molecular weight excluding hydrogens is 340 g/mol. The summed E-state index contributed by atoms with van der Waals surface area (Å²) in [5.41, 5.74) is 1.85. The lowest BCUT2D eigenvalue weighted by Gasteiger charge is -2.19. The number of amides is 3. The molecule has 0 bridgehead atoms. The fraction of sp³-hybridized carbons (Fsp3) is 0.211. The summed E-state index contributed by atoms with van der Waals surface area (Å²) in [4.78, 5) is 38.8. The number of carbonyl (C=O) groups excluding carboxylic acids is 3. The molecule has 2 aromatic rings. The quantitative estimate of drug-likeness (QED) is 0.790. The summed E-state index contributed by atoms with van der Waals surface area (Å²) in [6.45, 7) is 0.392. The van der Waals surface area contributed by atoms with Crippen molar-refractivity contribution in [3.63, 3.8) is 0 Å². The molecule has 1 aliphatic heterocycles. The number of benzene rings is 2. The second-order valence-electron chi connectivity index (χ2n) is 5.92. The molecule has 3 rings (SSSR count). The summed E-state index contributed by atoms with van der Waals surface area (Å²) in [5, 5.41) is 0.614. The van der Waals surface area contributed by atoms with Gasteiger partial charge in [0, 0.05) is 37.0 Å². The van der Waals surface area contributed by atoms with Gasteiger partial charge in [-0.2, -0.15) is 0 Å². The molecule has 1 heterocycles. The lowest BCUT2D eigenvalue weighted by atomic mass is 10.1. The summed E-state index contributed by atoms with van der Waals surface area (Å²) < 4.78 is 0. The van der Waals surface area contributed by atoms with E-state index in [-0.39, 0.29) is 30.6 Å². The number of anilines is 1. The molecule has 0 spiro atoms. The van der Waals surface area contributed by atoms with Gasteiger partial charge in [0.25, 0.3) is 5.91 Å². The number of halogens is 1. The maximum absolute atomic E-state index is 12.6. The van der Waals surface area contributed by atoms with Crippen LogP contribution >= 0.6 is 11.6 Å². The standard InChI is InChI=1S/C19H17ClN2O3/c1-21(12-14-4-2-3-5-16(14)20)19(25)13-6-8-15(9-7-13)22-17(23)10-11-18(22)24/h2-9H,10-12H2,1H3. The van der Waals surface area contributed by atoms with Crippen LogP contribution in [-0.4, -0.2) is 29.7 Å². The first kappa shape index (κ1) is 17.2. The van der Waals surface area contributed by atoms with Crippen LogP contribution in [0.2, 0.25) is 5.02 Å². The predicted molar refractivity (Wildman–Crippen MR) is 95.4 cm³/mol. The van der Waals surface area contributed by atoms with E-state index in [4.69, 9.17) is 11.6 Å². The zero-order chi connectivity index (χ0) is 18.0. The molecule has 128 valence electrons. The smallest absolute Gasteiger partial charge is 0.253 e. The molecule has 0 unspecified atom stereocenters. The lowest BCUT2D eigenvalue weighted by Crippen LogP contribution is -2.29. The van der Waals surface area contributed by atoms with Gasteiger partial charge in [-0.25, -0.2) is 0 Å². The summed E-state index contributed by atoms with van der Waals surface area (Å²) in [7, 11) is 1.70. The van der Waals surface area contributed by atoms with Crippen LogP contribution in [0, 0.1) is 0 Å². The average molecular weight is 357 g/mol. The highest BCUT2D eigenvalue weighted by atomic mass is 35.5. The topological polar surface area (TPSA) is 57.7 Å². The van der Waals surface area contributed by atoms with Crippen LogP contribution in [0.5, 0.6) is 0 Å². The van der Waals surface area contributed by atoms with Crippen LogP contribution in [0.15, 0.2) is 48.5 Å². The molecule has 1 aliphatic rings. The fourth-order valence-corrected chi connectivity index (χ4v) is 2.99. The minimum atomic E-state index is -0.208. The highest BCUT2D eigenvalue weighted by molar-refractivity contribution is 6.31. The van der Waals surface area contributed by atoms with Crippen molar-refractivity contribution in [2.24, 2.45) is 0 Å². The number of imide groups is 1. The molecule has 6 heteroatoms. The van der Waals surface area contributed by atoms with E-state index in [1.807, 2.05) is 18.2 Å². The summed E-state index contributed by atoms with van der Waals surface area (Å²) in [5.74, 6) is -0.578. The normalized spacial score (nSPS) is 14.1. The zero-order valence-electron chi connectivity index (χ0n) is 13.7. The highest BCUT2D eigenvalue weighted by Crippen LogP contribution is 2.23. The molecule has 0 aromatic heterocycles. The van der Waals surface area contributed by atoms with Crippen molar-refractivity contribution in [2.75, 3.05) is 11.9 Å². The van der Waals surface area contributed by atoms with Gasteiger partial charge in [0.05, 0.1) is 5.69 Å². The number of hydrogen-bond donors (Lipinski definition) is 0. The maximum Gasteiger partial charge on any atom is 0.253 e. The van der Waals surface area contributed by atoms with Gasteiger partial charge in [0.15, 0.2) is 0 Å². The average Bonchev–Trinajstić information content (AvgIpc) is 2.95. The third-order valence-electron chi connectivity index (χ3n) is 4.14. The van der Waals surface area contributed by atoms with E-state index in [9.17, 15) is 14.4 Å². The Labute approximate surface area is 150 Å². The molecule has 0 radical (unpaired) electrons. The van der Waals surface area contributed by atoms with Crippen molar-refractivity contribution in [1.82, 2.24) is 4.90 Å². The SMILES string of the molecule is CN(Cc1ccccc1Cl)C(=O)c1ccc(N2C(=O)CCC2=O)cc1. The molecule has 0 atom stereocenters. The summed E-state index contributed by atoms with van der Waals surface area (Å²) in [6, 6.07) is 13.9. The summed E-state index contributed by atoms with van der Waals surface area (Å²) in [6.07, 6.45) is 0.472. The zero-order valence-corrected chi connectivity index (χ0v) is 14.5. The van der Waals surface area contributed by atoms with E-state index in [2.05, 4.69) is 0 Å². The van der Waals surface area contributed by atoms with Crippen molar-refractivity contribution >= 4 is 35.0 Å². The van der Waals surface area contributed by atoms with Crippen LogP contribution in [0.1, 0.15) is 28.8 Å². The van der Waals surface area contributed by atoms with Crippen molar-refractivity contribution in [3.05, 3.63) is 64.7 Å².